The van der Waals surface area contributed by atoms with Gasteiger partial charge in [-0.3, -0.25) is 0 Å². The average Bonchev–Trinajstić information content (AvgIpc) is 2.64. The maximum absolute atomic E-state index is 4.03. The summed E-state index contributed by atoms with van der Waals surface area (Å²) < 4.78 is 0. The minimum atomic E-state index is 0.796. The van der Waals surface area contributed by atoms with Crippen LogP contribution in [0.3, 0.4) is 0 Å². The van der Waals surface area contributed by atoms with Crippen LogP contribution in [0, 0.1) is 23.7 Å². The fourth-order valence-corrected chi connectivity index (χ4v) is 4.06. The van der Waals surface area contributed by atoms with Crippen LogP contribution >= 0.6 is 0 Å². The van der Waals surface area contributed by atoms with Crippen LogP contribution in [-0.4, -0.2) is 12.1 Å². The molecule has 0 spiro atoms. The van der Waals surface area contributed by atoms with Crippen molar-refractivity contribution in [2.75, 3.05) is 0 Å². The fraction of sp³-hybridized carbons (Fsp3) is 1.00. The molecular weight excluding hydrogens is 206 g/mol. The molecule has 0 aromatic carbocycles. The lowest BCUT2D eigenvalue weighted by molar-refractivity contribution is 0.153. The van der Waals surface area contributed by atoms with Crippen LogP contribution in [0.4, 0.5) is 0 Å². The van der Waals surface area contributed by atoms with E-state index < -0.39 is 0 Å². The second-order valence-electron chi connectivity index (χ2n) is 7.11. The molecule has 2 rings (SSSR count). The van der Waals surface area contributed by atoms with Crippen molar-refractivity contribution in [1.29, 1.82) is 0 Å². The van der Waals surface area contributed by atoms with Gasteiger partial charge in [0.25, 0.3) is 0 Å². The highest BCUT2D eigenvalue weighted by Gasteiger charge is 2.34. The highest BCUT2D eigenvalue weighted by atomic mass is 15.0. The third-order valence-corrected chi connectivity index (χ3v) is 5.31. The van der Waals surface area contributed by atoms with Gasteiger partial charge in [-0.1, -0.05) is 40.5 Å². The predicted molar refractivity (Wildman–Crippen MR) is 75.1 cm³/mol. The van der Waals surface area contributed by atoms with E-state index in [0.717, 1.165) is 35.8 Å². The van der Waals surface area contributed by atoms with Gasteiger partial charge in [-0.15, -0.1) is 0 Å². The van der Waals surface area contributed by atoms with Crippen molar-refractivity contribution in [3.05, 3.63) is 0 Å². The zero-order valence-electron chi connectivity index (χ0n) is 12.2. The minimum absolute atomic E-state index is 0.796. The first kappa shape index (κ1) is 13.4. The molecule has 100 valence electrons. The Bertz CT molecular complexity index is 236. The second-order valence-corrected chi connectivity index (χ2v) is 7.11. The Morgan fingerprint density at radius 2 is 1.71 bits per heavy atom. The molecule has 1 nitrogen and oxygen atoms in total. The topological polar surface area (TPSA) is 12.0 Å². The molecule has 0 saturated heterocycles. The largest absolute Gasteiger partial charge is 0.311 e. The van der Waals surface area contributed by atoms with Crippen molar-refractivity contribution in [2.45, 2.75) is 78.3 Å². The highest BCUT2D eigenvalue weighted by molar-refractivity contribution is 4.90. The van der Waals surface area contributed by atoms with Crippen LogP contribution in [-0.2, 0) is 0 Å². The molecule has 2 fully saturated rings. The van der Waals surface area contributed by atoms with E-state index in [1.807, 2.05) is 0 Å². The quantitative estimate of drug-likeness (QED) is 0.774. The highest BCUT2D eigenvalue weighted by Crippen LogP contribution is 2.35. The van der Waals surface area contributed by atoms with Gasteiger partial charge in [-0.05, 0) is 49.4 Å². The van der Waals surface area contributed by atoms with Crippen LogP contribution < -0.4 is 5.32 Å². The molecule has 5 unspecified atom stereocenters. The van der Waals surface area contributed by atoms with Crippen LogP contribution in [0.1, 0.15) is 66.2 Å². The van der Waals surface area contributed by atoms with Gasteiger partial charge in [0, 0.05) is 12.1 Å². The summed E-state index contributed by atoms with van der Waals surface area (Å²) in [5.74, 6) is 3.59. The first-order chi connectivity index (χ1) is 8.08. The standard InChI is InChI=1S/C16H31N/c1-11(2)14-9-8-12(3)10-16(14)17-15-7-5-6-13(15)4/h11-17H,5-10H2,1-4H3. The minimum Gasteiger partial charge on any atom is -0.311 e. The molecule has 0 aromatic rings. The SMILES string of the molecule is CC1CCC(C(C)C)C(NC2CCCC2C)C1. The number of hydrogen-bond donors (Lipinski definition) is 1. The van der Waals surface area contributed by atoms with Gasteiger partial charge in [0.2, 0.25) is 0 Å². The fourth-order valence-electron chi connectivity index (χ4n) is 4.06. The van der Waals surface area contributed by atoms with Crippen molar-refractivity contribution in [3.8, 4) is 0 Å². The van der Waals surface area contributed by atoms with Gasteiger partial charge >= 0.3 is 0 Å². The van der Waals surface area contributed by atoms with E-state index >= 15 is 0 Å². The molecule has 1 heteroatoms. The first-order valence-corrected chi connectivity index (χ1v) is 7.84. The van der Waals surface area contributed by atoms with Crippen LogP contribution in [0.15, 0.2) is 0 Å². The third-order valence-electron chi connectivity index (χ3n) is 5.31. The Morgan fingerprint density at radius 1 is 0.941 bits per heavy atom. The normalized spacial score (nSPS) is 43.2. The van der Waals surface area contributed by atoms with Crippen molar-refractivity contribution in [1.82, 2.24) is 5.32 Å². The van der Waals surface area contributed by atoms with Crippen LogP contribution in [0.25, 0.3) is 0 Å². The Labute approximate surface area is 108 Å². The van der Waals surface area contributed by atoms with Gasteiger partial charge in [-0.25, -0.2) is 0 Å². The van der Waals surface area contributed by atoms with E-state index in [1.165, 1.54) is 38.5 Å². The summed E-state index contributed by atoms with van der Waals surface area (Å²) >= 11 is 0. The maximum Gasteiger partial charge on any atom is 0.0103 e. The van der Waals surface area contributed by atoms with Gasteiger partial charge in [0.1, 0.15) is 0 Å². The average molecular weight is 237 g/mol. The summed E-state index contributed by atoms with van der Waals surface area (Å²) in [6.45, 7) is 9.69. The first-order valence-electron chi connectivity index (χ1n) is 7.84. The van der Waals surface area contributed by atoms with E-state index in [9.17, 15) is 0 Å². The van der Waals surface area contributed by atoms with Crippen LogP contribution in [0.5, 0.6) is 0 Å². The van der Waals surface area contributed by atoms with Crippen molar-refractivity contribution >= 4 is 0 Å². The zero-order chi connectivity index (χ0) is 12.4. The molecule has 0 heterocycles. The van der Waals surface area contributed by atoms with E-state index in [1.54, 1.807) is 0 Å². The number of hydrogen-bond acceptors (Lipinski definition) is 1. The summed E-state index contributed by atoms with van der Waals surface area (Å²) in [5.41, 5.74) is 0. The molecule has 0 aromatic heterocycles. The molecule has 2 aliphatic rings. The van der Waals surface area contributed by atoms with Gasteiger partial charge in [0.05, 0.1) is 0 Å². The maximum atomic E-state index is 4.03. The molecule has 0 aliphatic heterocycles. The molecule has 5 atom stereocenters. The molecule has 2 aliphatic carbocycles. The summed E-state index contributed by atoms with van der Waals surface area (Å²) in [5, 5.41) is 4.03. The lowest BCUT2D eigenvalue weighted by atomic mass is 9.73. The van der Waals surface area contributed by atoms with Crippen LogP contribution in [0.2, 0.25) is 0 Å². The Balaban J connectivity index is 1.94. The lowest BCUT2D eigenvalue weighted by Gasteiger charge is -2.40. The second kappa shape index (κ2) is 5.73. The number of nitrogens with one attached hydrogen (secondary N) is 1. The molecule has 17 heavy (non-hydrogen) atoms. The molecule has 0 radical (unpaired) electrons. The van der Waals surface area contributed by atoms with Gasteiger partial charge in [0.15, 0.2) is 0 Å². The van der Waals surface area contributed by atoms with Crippen molar-refractivity contribution < 1.29 is 0 Å². The van der Waals surface area contributed by atoms with E-state index in [2.05, 4.69) is 33.0 Å². The Hall–Kier alpha value is -0.0400. The lowest BCUT2D eigenvalue weighted by Crippen LogP contribution is -2.48. The summed E-state index contributed by atoms with van der Waals surface area (Å²) in [7, 11) is 0. The van der Waals surface area contributed by atoms with Crippen molar-refractivity contribution in [3.63, 3.8) is 0 Å². The van der Waals surface area contributed by atoms with Gasteiger partial charge < -0.3 is 5.32 Å². The molecular formula is C16H31N. The molecule has 1 N–H and O–H groups in total. The smallest absolute Gasteiger partial charge is 0.0103 e. The molecule has 2 saturated carbocycles. The molecule has 0 bridgehead atoms. The monoisotopic (exact) mass is 237 g/mol. The summed E-state index contributed by atoms with van der Waals surface area (Å²) in [4.78, 5) is 0. The van der Waals surface area contributed by atoms with E-state index in [4.69, 9.17) is 0 Å². The summed E-state index contributed by atoms with van der Waals surface area (Å²) in [6.07, 6.45) is 8.58. The zero-order valence-corrected chi connectivity index (χ0v) is 12.2. The Morgan fingerprint density at radius 3 is 2.29 bits per heavy atom. The van der Waals surface area contributed by atoms with E-state index in [-0.39, 0.29) is 0 Å². The predicted octanol–water partition coefficient (Wildman–Crippen LogP) is 4.23. The van der Waals surface area contributed by atoms with Crippen molar-refractivity contribution in [2.24, 2.45) is 23.7 Å². The molecule has 0 amide bonds. The number of rotatable bonds is 3. The summed E-state index contributed by atoms with van der Waals surface area (Å²) in [6, 6.07) is 1.61. The van der Waals surface area contributed by atoms with E-state index in [0.29, 0.717) is 0 Å². The Kier molecular flexibility index (Phi) is 4.52. The third kappa shape index (κ3) is 3.24. The van der Waals surface area contributed by atoms with Gasteiger partial charge in [-0.2, -0.15) is 0 Å².